The van der Waals surface area contributed by atoms with Gasteiger partial charge >= 0.3 is 0 Å². The number of halogens is 1. The first-order chi connectivity index (χ1) is 12.7. The topological polar surface area (TPSA) is 83.7 Å². The van der Waals surface area contributed by atoms with E-state index < -0.39 is 10.0 Å². The van der Waals surface area contributed by atoms with Crippen LogP contribution < -0.4 is 10.0 Å². The van der Waals surface area contributed by atoms with Gasteiger partial charge in [-0.2, -0.15) is 0 Å². The van der Waals surface area contributed by atoms with E-state index in [4.69, 9.17) is 16.7 Å². The highest BCUT2D eigenvalue weighted by molar-refractivity contribution is 7.89. The van der Waals surface area contributed by atoms with Crippen molar-refractivity contribution in [2.75, 3.05) is 31.1 Å². The number of aryl methyl sites for hydroxylation is 2. The molecule has 0 bridgehead atoms. The molecule has 1 aliphatic heterocycles. The number of benzene rings is 2. The Morgan fingerprint density at radius 1 is 1.00 bits per heavy atom. The quantitative estimate of drug-likeness (QED) is 0.847. The number of rotatable bonds is 3. The first-order valence-corrected chi connectivity index (χ1v) is 10.5. The summed E-state index contributed by atoms with van der Waals surface area (Å²) in [5.74, 6) is -0.192. The van der Waals surface area contributed by atoms with E-state index in [-0.39, 0.29) is 10.8 Å². The van der Waals surface area contributed by atoms with Crippen molar-refractivity contribution in [3.05, 3.63) is 58.1 Å². The molecule has 27 heavy (non-hydrogen) atoms. The molecule has 2 aromatic carbocycles. The Labute approximate surface area is 164 Å². The van der Waals surface area contributed by atoms with Crippen molar-refractivity contribution < 1.29 is 13.2 Å². The van der Waals surface area contributed by atoms with Crippen molar-refractivity contribution in [3.63, 3.8) is 0 Å². The Hall–Kier alpha value is -2.09. The molecule has 0 unspecified atom stereocenters. The molecule has 2 N–H and O–H groups in total. The number of anilines is 1. The lowest BCUT2D eigenvalue weighted by Gasteiger charge is -2.37. The Balaban J connectivity index is 1.75. The Kier molecular flexibility index (Phi) is 5.46. The maximum absolute atomic E-state index is 12.8. The number of carbonyl (C=O) groups excluding carboxylic acids is 1. The van der Waals surface area contributed by atoms with E-state index in [2.05, 4.69) is 4.90 Å². The van der Waals surface area contributed by atoms with E-state index >= 15 is 0 Å². The van der Waals surface area contributed by atoms with Gasteiger partial charge in [0, 0.05) is 42.5 Å². The second kappa shape index (κ2) is 7.50. The summed E-state index contributed by atoms with van der Waals surface area (Å²) < 4.78 is 23.4. The molecule has 1 amide bonds. The third kappa shape index (κ3) is 4.26. The molecule has 3 rings (SSSR count). The third-order valence-electron chi connectivity index (χ3n) is 4.82. The zero-order valence-corrected chi connectivity index (χ0v) is 16.8. The first kappa shape index (κ1) is 19.7. The zero-order chi connectivity index (χ0) is 19.8. The number of nitrogens with two attached hydrogens (primary N) is 1. The molecule has 0 radical (unpaired) electrons. The van der Waals surface area contributed by atoms with Crippen LogP contribution in [0.5, 0.6) is 0 Å². The summed E-state index contributed by atoms with van der Waals surface area (Å²) in [6.07, 6.45) is 0. The summed E-state index contributed by atoms with van der Waals surface area (Å²) in [6, 6.07) is 10.4. The van der Waals surface area contributed by atoms with Gasteiger partial charge in [-0.25, -0.2) is 13.6 Å². The van der Waals surface area contributed by atoms with Gasteiger partial charge in [0.05, 0.1) is 4.90 Å². The van der Waals surface area contributed by atoms with Crippen molar-refractivity contribution in [1.29, 1.82) is 0 Å². The fourth-order valence-electron chi connectivity index (χ4n) is 3.30. The number of piperazine rings is 1. The molecule has 0 saturated carbocycles. The number of amides is 1. The lowest BCUT2D eigenvalue weighted by atomic mass is 10.1. The van der Waals surface area contributed by atoms with Crippen LogP contribution in [0.1, 0.15) is 21.5 Å². The summed E-state index contributed by atoms with van der Waals surface area (Å²) >= 11 is 6.11. The van der Waals surface area contributed by atoms with Crippen molar-refractivity contribution in [3.8, 4) is 0 Å². The van der Waals surface area contributed by atoms with E-state index in [1.54, 1.807) is 24.0 Å². The third-order valence-corrected chi connectivity index (χ3v) is 6.11. The molecule has 1 aliphatic rings. The van der Waals surface area contributed by atoms with Crippen LogP contribution in [0.2, 0.25) is 5.02 Å². The van der Waals surface area contributed by atoms with Crippen LogP contribution in [-0.4, -0.2) is 45.4 Å². The van der Waals surface area contributed by atoms with Gasteiger partial charge in [0.25, 0.3) is 5.91 Å². The average Bonchev–Trinajstić information content (AvgIpc) is 2.63. The van der Waals surface area contributed by atoms with Crippen LogP contribution in [0.3, 0.4) is 0 Å². The highest BCUT2D eigenvalue weighted by Gasteiger charge is 2.24. The number of sulfonamides is 1. The second-order valence-corrected chi connectivity index (χ2v) is 8.70. The molecule has 0 aliphatic carbocycles. The molecule has 2 aromatic rings. The van der Waals surface area contributed by atoms with Crippen molar-refractivity contribution in [2.24, 2.45) is 5.14 Å². The van der Waals surface area contributed by atoms with Gasteiger partial charge < -0.3 is 9.80 Å². The van der Waals surface area contributed by atoms with Crippen molar-refractivity contribution in [2.45, 2.75) is 18.7 Å². The smallest absolute Gasteiger partial charge is 0.254 e. The van der Waals surface area contributed by atoms with E-state index in [0.717, 1.165) is 11.3 Å². The average molecular weight is 408 g/mol. The Morgan fingerprint density at radius 3 is 2.26 bits per heavy atom. The minimum atomic E-state index is -3.87. The van der Waals surface area contributed by atoms with Gasteiger partial charge in [-0.3, -0.25) is 4.79 Å². The van der Waals surface area contributed by atoms with Crippen LogP contribution in [0.4, 0.5) is 5.69 Å². The van der Waals surface area contributed by atoms with Crippen molar-refractivity contribution >= 4 is 33.2 Å². The number of hydrogen-bond donors (Lipinski definition) is 1. The van der Waals surface area contributed by atoms with Gasteiger partial charge in [-0.05, 0) is 49.2 Å². The highest BCUT2D eigenvalue weighted by atomic mass is 35.5. The van der Waals surface area contributed by atoms with Crippen molar-refractivity contribution in [1.82, 2.24) is 4.90 Å². The summed E-state index contributed by atoms with van der Waals surface area (Å²) in [5.41, 5.74) is 3.06. The summed E-state index contributed by atoms with van der Waals surface area (Å²) in [4.78, 5) is 16.7. The minimum Gasteiger partial charge on any atom is -0.368 e. The van der Waals surface area contributed by atoms with Gasteiger partial charge in [0.2, 0.25) is 10.0 Å². The molecular weight excluding hydrogens is 386 g/mol. The van der Waals surface area contributed by atoms with Crippen LogP contribution in [0.15, 0.2) is 41.3 Å². The number of primary sulfonamides is 1. The predicted molar refractivity (Wildman–Crippen MR) is 107 cm³/mol. The maximum atomic E-state index is 12.8. The Morgan fingerprint density at radius 2 is 1.63 bits per heavy atom. The summed E-state index contributed by atoms with van der Waals surface area (Å²) in [6.45, 7) is 6.14. The van der Waals surface area contributed by atoms with Crippen LogP contribution >= 0.6 is 11.6 Å². The molecule has 0 aromatic heterocycles. The van der Waals surface area contributed by atoms with E-state index in [9.17, 15) is 13.2 Å². The Bertz CT molecular complexity index is 984. The molecule has 1 saturated heterocycles. The largest absolute Gasteiger partial charge is 0.368 e. The lowest BCUT2D eigenvalue weighted by Crippen LogP contribution is -2.49. The number of nitrogens with zero attached hydrogens (tertiary/aromatic N) is 2. The van der Waals surface area contributed by atoms with Gasteiger partial charge in [0.15, 0.2) is 0 Å². The molecule has 144 valence electrons. The molecule has 0 spiro atoms. The van der Waals surface area contributed by atoms with E-state index in [1.807, 2.05) is 25.1 Å². The predicted octanol–water partition coefficient (Wildman–Crippen LogP) is 2.57. The monoisotopic (exact) mass is 407 g/mol. The number of carbonyl (C=O) groups is 1. The van der Waals surface area contributed by atoms with Gasteiger partial charge in [-0.15, -0.1) is 0 Å². The molecule has 0 atom stereocenters. The van der Waals surface area contributed by atoms with Gasteiger partial charge in [0.1, 0.15) is 0 Å². The normalized spacial score (nSPS) is 15.1. The number of hydrogen-bond acceptors (Lipinski definition) is 4. The first-order valence-electron chi connectivity index (χ1n) is 8.60. The van der Waals surface area contributed by atoms with Crippen LogP contribution in [0.25, 0.3) is 0 Å². The molecule has 8 heteroatoms. The molecule has 6 nitrogen and oxygen atoms in total. The SMILES string of the molecule is Cc1ccc(Cl)cc1N1CCN(C(=O)c2ccc(C)c(S(N)(=O)=O)c2)CC1. The molecular formula is C19H22ClN3O3S. The molecule has 1 heterocycles. The van der Waals surface area contributed by atoms with E-state index in [0.29, 0.717) is 42.3 Å². The summed E-state index contributed by atoms with van der Waals surface area (Å²) in [7, 11) is -3.87. The van der Waals surface area contributed by atoms with Crippen LogP contribution in [-0.2, 0) is 10.0 Å². The zero-order valence-electron chi connectivity index (χ0n) is 15.3. The highest BCUT2D eigenvalue weighted by Crippen LogP contribution is 2.26. The van der Waals surface area contributed by atoms with Gasteiger partial charge in [-0.1, -0.05) is 23.7 Å². The fraction of sp³-hybridized carbons (Fsp3) is 0.316. The van der Waals surface area contributed by atoms with E-state index in [1.165, 1.54) is 6.07 Å². The standard InChI is InChI=1S/C19H22ClN3O3S/c1-13-4-6-16(20)12-17(13)22-7-9-23(10-8-22)19(24)15-5-3-14(2)18(11-15)27(21,25)26/h3-6,11-12H,7-10H2,1-2H3,(H2,21,25,26). The molecule has 1 fully saturated rings. The fourth-order valence-corrected chi connectivity index (χ4v) is 4.27. The second-order valence-electron chi connectivity index (χ2n) is 6.74. The summed E-state index contributed by atoms with van der Waals surface area (Å²) in [5, 5.41) is 5.93. The minimum absolute atomic E-state index is 0.0125. The lowest BCUT2D eigenvalue weighted by molar-refractivity contribution is 0.0746. The maximum Gasteiger partial charge on any atom is 0.254 e. The van der Waals surface area contributed by atoms with Crippen LogP contribution in [0, 0.1) is 13.8 Å².